The van der Waals surface area contributed by atoms with E-state index in [0.29, 0.717) is 17.3 Å². The Hall–Kier alpha value is -2.95. The molecule has 9 nitrogen and oxygen atoms in total. The van der Waals surface area contributed by atoms with Crippen LogP contribution in [0.1, 0.15) is 15.9 Å². The number of benzene rings is 1. The highest BCUT2D eigenvalue weighted by molar-refractivity contribution is 8.18. The Morgan fingerprint density at radius 1 is 1.27 bits per heavy atom. The molecule has 0 unspecified atom stereocenters. The van der Waals surface area contributed by atoms with Gasteiger partial charge in [0.25, 0.3) is 22.7 Å². The van der Waals surface area contributed by atoms with Crippen LogP contribution >= 0.6 is 35.0 Å². The number of hydrogen-bond donors (Lipinski definition) is 1. The van der Waals surface area contributed by atoms with Crippen LogP contribution in [0.5, 0.6) is 0 Å². The molecule has 1 fully saturated rings. The van der Waals surface area contributed by atoms with Crippen molar-refractivity contribution >= 4 is 63.8 Å². The van der Waals surface area contributed by atoms with Crippen molar-refractivity contribution in [2.75, 3.05) is 13.1 Å². The Kier molecular flexibility index (Phi) is 6.70. The number of hydrogen-bond acceptors (Lipinski definition) is 7. The normalized spacial score (nSPS) is 15.0. The molecule has 1 saturated heterocycles. The summed E-state index contributed by atoms with van der Waals surface area (Å²) in [6.45, 7) is 0.00866. The maximum atomic E-state index is 12.5. The van der Waals surface area contributed by atoms with Gasteiger partial charge in [0.15, 0.2) is 0 Å². The molecule has 0 bridgehead atoms. The number of nitro benzene ring substituents is 1. The van der Waals surface area contributed by atoms with E-state index in [4.69, 9.17) is 23.2 Å². The number of nitrogens with one attached hydrogen (secondary N) is 1. The standard InChI is InChI=1S/C18H12Cl2N4O5S/c19-12-3-1-10(7-13(12)24(28)29)8-14-17(26)23(18(27)30-14)6-5-21-16(25)11-2-4-15(20)22-9-11/h1-4,7-9H,5-6H2,(H,21,25)/b14-8-. The van der Waals surface area contributed by atoms with Gasteiger partial charge in [0, 0.05) is 25.4 Å². The van der Waals surface area contributed by atoms with Crippen molar-refractivity contribution in [1.29, 1.82) is 0 Å². The largest absolute Gasteiger partial charge is 0.350 e. The minimum Gasteiger partial charge on any atom is -0.350 e. The fourth-order valence-corrected chi connectivity index (χ4v) is 3.66. The first kappa shape index (κ1) is 21.8. The molecule has 30 heavy (non-hydrogen) atoms. The number of amides is 3. The van der Waals surface area contributed by atoms with E-state index in [1.165, 1.54) is 42.6 Å². The maximum absolute atomic E-state index is 12.5. The van der Waals surface area contributed by atoms with Crippen molar-refractivity contribution in [2.24, 2.45) is 0 Å². The Morgan fingerprint density at radius 2 is 2.03 bits per heavy atom. The van der Waals surface area contributed by atoms with Crippen molar-refractivity contribution in [3.8, 4) is 0 Å². The van der Waals surface area contributed by atoms with Crippen LogP contribution in [-0.2, 0) is 4.79 Å². The van der Waals surface area contributed by atoms with Gasteiger partial charge >= 0.3 is 0 Å². The Morgan fingerprint density at radius 3 is 2.70 bits per heavy atom. The molecule has 0 aliphatic carbocycles. The molecule has 1 aromatic carbocycles. The molecule has 1 aliphatic rings. The van der Waals surface area contributed by atoms with Crippen LogP contribution in [0.25, 0.3) is 6.08 Å². The summed E-state index contributed by atoms with van der Waals surface area (Å²) >= 11 is 12.2. The summed E-state index contributed by atoms with van der Waals surface area (Å²) in [5.41, 5.74) is 0.349. The fraction of sp³-hybridized carbons (Fsp3) is 0.111. The Labute approximate surface area is 184 Å². The van der Waals surface area contributed by atoms with Crippen molar-refractivity contribution in [1.82, 2.24) is 15.2 Å². The minimum atomic E-state index is -0.635. The molecule has 12 heteroatoms. The van der Waals surface area contributed by atoms with E-state index >= 15 is 0 Å². The van der Waals surface area contributed by atoms with Crippen LogP contribution < -0.4 is 5.32 Å². The van der Waals surface area contributed by atoms with E-state index in [2.05, 4.69) is 10.3 Å². The number of rotatable bonds is 6. The number of pyridine rings is 1. The van der Waals surface area contributed by atoms with E-state index in [1.807, 2.05) is 0 Å². The van der Waals surface area contributed by atoms with Crippen LogP contribution in [0, 0.1) is 10.1 Å². The van der Waals surface area contributed by atoms with Gasteiger partial charge < -0.3 is 5.32 Å². The molecule has 0 spiro atoms. The number of nitrogens with zero attached hydrogens (tertiary/aromatic N) is 3. The molecular weight excluding hydrogens is 455 g/mol. The lowest BCUT2D eigenvalue weighted by Gasteiger charge is -2.13. The molecule has 2 heterocycles. The van der Waals surface area contributed by atoms with Gasteiger partial charge in [0.2, 0.25) is 0 Å². The monoisotopic (exact) mass is 466 g/mol. The lowest BCUT2D eigenvalue weighted by Crippen LogP contribution is -2.37. The molecule has 0 saturated carbocycles. The zero-order valence-electron chi connectivity index (χ0n) is 15.0. The van der Waals surface area contributed by atoms with Crippen LogP contribution in [0.2, 0.25) is 10.2 Å². The molecule has 0 atom stereocenters. The van der Waals surface area contributed by atoms with E-state index in [0.717, 1.165) is 4.90 Å². The highest BCUT2D eigenvalue weighted by atomic mass is 35.5. The highest BCUT2D eigenvalue weighted by Crippen LogP contribution is 2.33. The number of nitro groups is 1. The molecule has 3 rings (SSSR count). The first-order valence-electron chi connectivity index (χ1n) is 8.35. The SMILES string of the molecule is O=C(NCCN1C(=O)S/C(=C\c2ccc(Cl)c([N+](=O)[O-])c2)C1=O)c1ccc(Cl)nc1. The number of carbonyl (C=O) groups is 3. The molecular formula is C18H12Cl2N4O5S. The summed E-state index contributed by atoms with van der Waals surface area (Å²) in [6, 6.07) is 7.04. The van der Waals surface area contributed by atoms with Crippen molar-refractivity contribution in [3.05, 3.63) is 72.9 Å². The zero-order chi connectivity index (χ0) is 21.8. The van der Waals surface area contributed by atoms with E-state index < -0.39 is 22.0 Å². The van der Waals surface area contributed by atoms with Gasteiger partial charge in [-0.3, -0.25) is 29.4 Å². The lowest BCUT2D eigenvalue weighted by molar-refractivity contribution is -0.384. The van der Waals surface area contributed by atoms with Gasteiger partial charge in [-0.15, -0.1) is 0 Å². The molecule has 1 aromatic heterocycles. The first-order chi connectivity index (χ1) is 14.3. The highest BCUT2D eigenvalue weighted by Gasteiger charge is 2.34. The topological polar surface area (TPSA) is 123 Å². The van der Waals surface area contributed by atoms with Gasteiger partial charge in [-0.2, -0.15) is 0 Å². The summed E-state index contributed by atoms with van der Waals surface area (Å²) in [4.78, 5) is 52.0. The number of carbonyl (C=O) groups excluding carboxylic acids is 3. The third-order valence-corrected chi connectivity index (χ3v) is 5.40. The zero-order valence-corrected chi connectivity index (χ0v) is 17.3. The second-order valence-electron chi connectivity index (χ2n) is 5.93. The van der Waals surface area contributed by atoms with Crippen LogP contribution in [0.3, 0.4) is 0 Å². The third kappa shape index (κ3) is 4.96. The lowest BCUT2D eigenvalue weighted by atomic mass is 10.2. The van der Waals surface area contributed by atoms with Gasteiger partial charge in [0.05, 0.1) is 15.4 Å². The minimum absolute atomic E-state index is 0.0307. The second-order valence-corrected chi connectivity index (χ2v) is 7.71. The smallest absolute Gasteiger partial charge is 0.293 e. The molecule has 2 aromatic rings. The van der Waals surface area contributed by atoms with Crippen molar-refractivity contribution < 1.29 is 19.3 Å². The predicted octanol–water partition coefficient (Wildman–Crippen LogP) is 3.76. The number of halogens is 2. The Bertz CT molecular complexity index is 1070. The van der Waals surface area contributed by atoms with E-state index in [1.54, 1.807) is 0 Å². The van der Waals surface area contributed by atoms with Gasteiger partial charge in [-0.25, -0.2) is 4.98 Å². The van der Waals surface area contributed by atoms with E-state index in [9.17, 15) is 24.5 Å². The summed E-state index contributed by atoms with van der Waals surface area (Å²) < 4.78 is 0. The summed E-state index contributed by atoms with van der Waals surface area (Å²) in [7, 11) is 0. The van der Waals surface area contributed by atoms with Gasteiger partial charge in [0.1, 0.15) is 10.2 Å². The summed E-state index contributed by atoms with van der Waals surface area (Å²) in [6.07, 6.45) is 2.69. The van der Waals surface area contributed by atoms with E-state index in [-0.39, 0.29) is 39.4 Å². The van der Waals surface area contributed by atoms with Crippen molar-refractivity contribution in [2.45, 2.75) is 0 Å². The summed E-state index contributed by atoms with van der Waals surface area (Å²) in [5, 5.41) is 13.3. The quantitative estimate of drug-likeness (QED) is 0.297. The summed E-state index contributed by atoms with van der Waals surface area (Å²) in [5.74, 6) is -0.972. The molecule has 1 N–H and O–H groups in total. The number of aromatic nitrogens is 1. The average molecular weight is 467 g/mol. The fourth-order valence-electron chi connectivity index (χ4n) is 2.50. The van der Waals surface area contributed by atoms with Crippen LogP contribution in [0.15, 0.2) is 41.4 Å². The maximum Gasteiger partial charge on any atom is 0.293 e. The molecule has 0 radical (unpaired) electrons. The molecule has 3 amide bonds. The number of imide groups is 1. The van der Waals surface area contributed by atoms with Gasteiger partial charge in [-0.05, 0) is 41.6 Å². The van der Waals surface area contributed by atoms with Gasteiger partial charge in [-0.1, -0.05) is 29.3 Å². The third-order valence-electron chi connectivity index (χ3n) is 3.95. The number of thioether (sulfide) groups is 1. The van der Waals surface area contributed by atoms with Crippen molar-refractivity contribution in [3.63, 3.8) is 0 Å². The molecule has 1 aliphatic heterocycles. The Balaban J connectivity index is 1.64. The average Bonchev–Trinajstić information content (AvgIpc) is 2.97. The van der Waals surface area contributed by atoms with Crippen LogP contribution in [-0.4, -0.2) is 45.0 Å². The second kappa shape index (κ2) is 9.24. The van der Waals surface area contributed by atoms with Crippen LogP contribution in [0.4, 0.5) is 10.5 Å². The molecule has 154 valence electrons. The first-order valence-corrected chi connectivity index (χ1v) is 9.92. The predicted molar refractivity (Wildman–Crippen MR) is 112 cm³/mol.